The summed E-state index contributed by atoms with van der Waals surface area (Å²) in [5.74, 6) is 0.116. The molecule has 0 aromatic heterocycles. The van der Waals surface area contributed by atoms with Crippen molar-refractivity contribution in [1.29, 1.82) is 0 Å². The number of likely N-dealkylation sites (tertiary alicyclic amines) is 1. The number of carbonyl (C=O) groups excluding carboxylic acids is 2. The summed E-state index contributed by atoms with van der Waals surface area (Å²) in [6.45, 7) is 2.48. The minimum Gasteiger partial charge on any atom is -0.397 e. The SMILES string of the molecule is Cc1ccc(C(=O)NC2CC3CC(C2)N(C(=O)c2cccc(N)c2N)C3)cc1CO. The van der Waals surface area contributed by atoms with E-state index >= 15 is 0 Å². The summed E-state index contributed by atoms with van der Waals surface area (Å²) in [7, 11) is 0. The van der Waals surface area contributed by atoms with E-state index in [2.05, 4.69) is 5.32 Å². The van der Waals surface area contributed by atoms with E-state index < -0.39 is 0 Å². The number of benzene rings is 2. The number of nitrogens with two attached hydrogens (primary N) is 2. The third-order valence-electron chi connectivity index (χ3n) is 6.42. The van der Waals surface area contributed by atoms with Gasteiger partial charge >= 0.3 is 0 Å². The number of aliphatic hydroxyl groups excluding tert-OH is 1. The van der Waals surface area contributed by atoms with Gasteiger partial charge < -0.3 is 26.8 Å². The Morgan fingerprint density at radius 1 is 1.17 bits per heavy atom. The van der Waals surface area contributed by atoms with E-state index in [9.17, 15) is 14.7 Å². The molecule has 0 radical (unpaired) electrons. The minimum atomic E-state index is -0.144. The Kier molecular flexibility index (Phi) is 5.39. The van der Waals surface area contributed by atoms with Crippen LogP contribution >= 0.6 is 0 Å². The van der Waals surface area contributed by atoms with Gasteiger partial charge in [-0.25, -0.2) is 0 Å². The van der Waals surface area contributed by atoms with Gasteiger partial charge in [0.15, 0.2) is 0 Å². The van der Waals surface area contributed by atoms with Gasteiger partial charge in [-0.15, -0.1) is 0 Å². The number of hydrogen-bond acceptors (Lipinski definition) is 5. The molecule has 30 heavy (non-hydrogen) atoms. The number of anilines is 2. The Morgan fingerprint density at radius 2 is 1.97 bits per heavy atom. The number of amides is 2. The van der Waals surface area contributed by atoms with Crippen molar-refractivity contribution in [3.63, 3.8) is 0 Å². The number of nitrogens with one attached hydrogen (secondary N) is 1. The maximum absolute atomic E-state index is 13.1. The highest BCUT2D eigenvalue weighted by atomic mass is 16.3. The highest BCUT2D eigenvalue weighted by Gasteiger charge is 2.42. The molecule has 1 aliphatic carbocycles. The van der Waals surface area contributed by atoms with Crippen LogP contribution in [-0.4, -0.2) is 40.4 Å². The summed E-state index contributed by atoms with van der Waals surface area (Å²) in [5, 5.41) is 12.6. The molecule has 2 aliphatic rings. The molecule has 2 amide bonds. The van der Waals surface area contributed by atoms with Crippen molar-refractivity contribution in [3.05, 3.63) is 58.7 Å². The maximum Gasteiger partial charge on any atom is 0.256 e. The molecule has 7 nitrogen and oxygen atoms in total. The van der Waals surface area contributed by atoms with E-state index in [1.807, 2.05) is 17.9 Å². The molecule has 7 heteroatoms. The van der Waals surface area contributed by atoms with Crippen molar-refractivity contribution < 1.29 is 14.7 Å². The van der Waals surface area contributed by atoms with Gasteiger partial charge in [-0.1, -0.05) is 12.1 Å². The molecule has 3 atom stereocenters. The number of rotatable bonds is 4. The molecular weight excluding hydrogens is 380 g/mol. The van der Waals surface area contributed by atoms with Crippen molar-refractivity contribution >= 4 is 23.2 Å². The first kappa shape index (κ1) is 20.2. The highest BCUT2D eigenvalue weighted by molar-refractivity contribution is 6.02. The predicted octanol–water partition coefficient (Wildman–Crippen LogP) is 2.07. The van der Waals surface area contributed by atoms with Crippen LogP contribution < -0.4 is 16.8 Å². The number of para-hydroxylation sites is 1. The Morgan fingerprint density at radius 3 is 2.73 bits per heavy atom. The maximum atomic E-state index is 13.1. The van der Waals surface area contributed by atoms with Gasteiger partial charge in [0.25, 0.3) is 11.8 Å². The Labute approximate surface area is 176 Å². The smallest absolute Gasteiger partial charge is 0.256 e. The van der Waals surface area contributed by atoms with Crippen LogP contribution in [-0.2, 0) is 6.61 Å². The molecule has 2 aromatic carbocycles. The van der Waals surface area contributed by atoms with Gasteiger partial charge in [-0.2, -0.15) is 0 Å². The molecule has 3 unspecified atom stereocenters. The lowest BCUT2D eigenvalue weighted by Crippen LogP contribution is -2.43. The van der Waals surface area contributed by atoms with Crippen LogP contribution in [0.2, 0.25) is 0 Å². The van der Waals surface area contributed by atoms with Crippen molar-refractivity contribution in [2.75, 3.05) is 18.0 Å². The lowest BCUT2D eigenvalue weighted by molar-refractivity contribution is 0.0729. The van der Waals surface area contributed by atoms with Gasteiger partial charge in [0.1, 0.15) is 0 Å². The fourth-order valence-electron chi connectivity index (χ4n) is 4.78. The third kappa shape index (κ3) is 3.73. The topological polar surface area (TPSA) is 122 Å². The second-order valence-electron chi connectivity index (χ2n) is 8.46. The molecular formula is C23H28N4O3. The Hall–Kier alpha value is -3.06. The molecule has 1 saturated carbocycles. The average Bonchev–Trinajstić information content (AvgIpc) is 3.03. The second kappa shape index (κ2) is 7.99. The number of aryl methyl sites for hydroxylation is 1. The summed E-state index contributed by atoms with van der Waals surface area (Å²) >= 11 is 0. The monoisotopic (exact) mass is 408 g/mol. The Balaban J connectivity index is 1.45. The van der Waals surface area contributed by atoms with Crippen LogP contribution in [0.25, 0.3) is 0 Å². The fourth-order valence-corrected chi connectivity index (χ4v) is 4.78. The molecule has 1 aliphatic heterocycles. The van der Waals surface area contributed by atoms with Crippen molar-refractivity contribution in [3.8, 4) is 0 Å². The lowest BCUT2D eigenvalue weighted by atomic mass is 9.86. The van der Waals surface area contributed by atoms with Gasteiger partial charge in [0, 0.05) is 24.2 Å². The van der Waals surface area contributed by atoms with Gasteiger partial charge in [-0.05, 0) is 67.5 Å². The van der Waals surface area contributed by atoms with Crippen LogP contribution in [0.3, 0.4) is 0 Å². The number of carbonyl (C=O) groups is 2. The van der Waals surface area contributed by atoms with Gasteiger partial charge in [-0.3, -0.25) is 9.59 Å². The van der Waals surface area contributed by atoms with Gasteiger partial charge in [0.2, 0.25) is 0 Å². The average molecular weight is 409 g/mol. The highest BCUT2D eigenvalue weighted by Crippen LogP contribution is 2.37. The van der Waals surface area contributed by atoms with Crippen LogP contribution in [0.4, 0.5) is 11.4 Å². The quantitative estimate of drug-likeness (QED) is 0.577. The van der Waals surface area contributed by atoms with Crippen molar-refractivity contribution in [2.45, 2.75) is 44.9 Å². The molecule has 6 N–H and O–H groups in total. The summed E-state index contributed by atoms with van der Waals surface area (Å²) in [6, 6.07) is 10.6. The molecule has 2 fully saturated rings. The third-order valence-corrected chi connectivity index (χ3v) is 6.42. The van der Waals surface area contributed by atoms with Crippen LogP contribution in [0.5, 0.6) is 0 Å². The zero-order chi connectivity index (χ0) is 21.4. The van der Waals surface area contributed by atoms with Gasteiger partial charge in [0.05, 0.1) is 23.5 Å². The van der Waals surface area contributed by atoms with E-state index in [0.29, 0.717) is 35.0 Å². The normalized spacial score (nSPS) is 22.7. The largest absolute Gasteiger partial charge is 0.397 e. The number of nitrogen functional groups attached to an aromatic ring is 2. The van der Waals surface area contributed by atoms with Crippen molar-refractivity contribution in [2.24, 2.45) is 5.92 Å². The summed E-state index contributed by atoms with van der Waals surface area (Å²) in [5.41, 5.74) is 15.3. The summed E-state index contributed by atoms with van der Waals surface area (Å²) in [6.07, 6.45) is 2.51. The first-order valence-corrected chi connectivity index (χ1v) is 10.3. The fraction of sp³-hybridized carbons (Fsp3) is 0.391. The van der Waals surface area contributed by atoms with Crippen LogP contribution in [0.1, 0.15) is 51.1 Å². The lowest BCUT2D eigenvalue weighted by Gasteiger charge is -2.30. The Bertz CT molecular complexity index is 990. The molecule has 4 rings (SSSR count). The first-order valence-electron chi connectivity index (χ1n) is 10.3. The predicted molar refractivity (Wildman–Crippen MR) is 116 cm³/mol. The number of fused-ring (bicyclic) bond motifs is 2. The molecule has 1 heterocycles. The van der Waals surface area contributed by atoms with E-state index in [1.165, 1.54) is 0 Å². The summed E-state index contributed by atoms with van der Waals surface area (Å²) < 4.78 is 0. The van der Waals surface area contributed by atoms with E-state index in [4.69, 9.17) is 11.5 Å². The molecule has 0 spiro atoms. The van der Waals surface area contributed by atoms with E-state index in [1.54, 1.807) is 30.3 Å². The second-order valence-corrected chi connectivity index (χ2v) is 8.46. The first-order chi connectivity index (χ1) is 14.4. The molecule has 2 aromatic rings. The van der Waals surface area contributed by atoms with Crippen LogP contribution in [0.15, 0.2) is 36.4 Å². The van der Waals surface area contributed by atoms with Crippen molar-refractivity contribution in [1.82, 2.24) is 10.2 Å². The number of nitrogens with zero attached hydrogens (tertiary/aromatic N) is 1. The molecule has 2 bridgehead atoms. The standard InChI is InChI=1S/C23H28N4O3/c1-13-5-6-15(9-16(13)12-28)22(29)26-17-7-14-8-18(10-17)27(11-14)23(30)19-3-2-4-20(24)21(19)25/h2-6,9,14,17-18,28H,7-8,10-12,24-25H2,1H3,(H,26,29). The minimum absolute atomic E-state index is 0.0103. The zero-order valence-electron chi connectivity index (χ0n) is 17.1. The van der Waals surface area contributed by atoms with Crippen LogP contribution in [0, 0.1) is 12.8 Å². The summed E-state index contributed by atoms with van der Waals surface area (Å²) in [4.78, 5) is 27.7. The number of hydrogen-bond donors (Lipinski definition) is 4. The molecule has 1 saturated heterocycles. The number of aliphatic hydroxyl groups is 1. The zero-order valence-corrected chi connectivity index (χ0v) is 17.1. The van der Waals surface area contributed by atoms with E-state index in [-0.39, 0.29) is 30.5 Å². The van der Waals surface area contributed by atoms with E-state index in [0.717, 1.165) is 30.4 Å². The molecule has 158 valence electrons.